The van der Waals surface area contributed by atoms with E-state index in [4.69, 9.17) is 19.4 Å². The number of anilines is 2. The van der Waals surface area contributed by atoms with Gasteiger partial charge in [0.1, 0.15) is 0 Å². The van der Waals surface area contributed by atoms with Crippen LogP contribution in [0.15, 0.2) is 88.7 Å². The number of hydrogen-bond donors (Lipinski definition) is 0. The van der Waals surface area contributed by atoms with Crippen molar-refractivity contribution in [2.75, 3.05) is 22.9 Å². The summed E-state index contributed by atoms with van der Waals surface area (Å²) in [6, 6.07) is 27.5. The molecule has 4 aromatic rings. The zero-order valence-electron chi connectivity index (χ0n) is 23.9. The summed E-state index contributed by atoms with van der Waals surface area (Å²) in [7, 11) is 11.9. The topological polar surface area (TPSA) is 6.48 Å². The standard InChI is InChI=1S/C21H26N2.C13H10S.2ClH.Ru/c1-14-9-16(3)20(17(4)10-14)22-7-8-23(13-22)21-18(5)11-15(2)12-19(21)6;1-11-7-5-6-10-13(11)14-12-8-3-2-4-9-12;;;/h9-12H,7-8H2,1-6H3;1-10H;2*1H;/q;;;;+2/p-2. The Hall–Kier alpha value is -2.10. The predicted octanol–water partition coefficient (Wildman–Crippen LogP) is 9.77. The van der Waals surface area contributed by atoms with Crippen LogP contribution < -0.4 is 9.80 Å². The molecule has 0 spiro atoms. The molecule has 6 heteroatoms. The van der Waals surface area contributed by atoms with Crippen molar-refractivity contribution in [1.29, 1.82) is 0 Å². The van der Waals surface area contributed by atoms with E-state index < -0.39 is 13.5 Å². The molecule has 1 saturated heterocycles. The zero-order chi connectivity index (χ0) is 28.8. The zero-order valence-corrected chi connectivity index (χ0v) is 28.0. The van der Waals surface area contributed by atoms with Crippen molar-refractivity contribution in [3.63, 3.8) is 0 Å². The Balaban J connectivity index is 0.000000194. The van der Waals surface area contributed by atoms with Crippen molar-refractivity contribution in [1.82, 2.24) is 0 Å². The second-order valence-corrected chi connectivity index (χ2v) is 17.0. The molecule has 0 atom stereocenters. The van der Waals surface area contributed by atoms with Gasteiger partial charge in [0, 0.05) is 24.5 Å². The van der Waals surface area contributed by atoms with Gasteiger partial charge in [0.15, 0.2) is 0 Å². The fourth-order valence-corrected chi connectivity index (χ4v) is 8.25. The number of aryl methyl sites for hydroxylation is 6. The van der Waals surface area contributed by atoms with Crippen molar-refractivity contribution in [2.45, 2.75) is 51.3 Å². The van der Waals surface area contributed by atoms with Crippen molar-refractivity contribution in [3.8, 4) is 0 Å². The van der Waals surface area contributed by atoms with Crippen LogP contribution in [0.5, 0.6) is 0 Å². The van der Waals surface area contributed by atoms with Crippen molar-refractivity contribution >= 4 is 47.1 Å². The Kier molecular flexibility index (Phi) is 10.9. The predicted molar refractivity (Wildman–Crippen MR) is 173 cm³/mol. The van der Waals surface area contributed by atoms with E-state index in [2.05, 4.69) is 107 Å². The molecule has 40 heavy (non-hydrogen) atoms. The van der Waals surface area contributed by atoms with E-state index in [0.717, 1.165) is 18.7 Å². The Morgan fingerprint density at radius 2 is 1.12 bits per heavy atom. The third-order valence-electron chi connectivity index (χ3n) is 6.68. The van der Waals surface area contributed by atoms with Crippen molar-refractivity contribution in [2.24, 2.45) is 0 Å². The normalized spacial score (nSPS) is 13.2. The quantitative estimate of drug-likeness (QED) is 0.195. The molecule has 2 radical (unpaired) electrons. The summed E-state index contributed by atoms with van der Waals surface area (Å²) in [5.41, 5.74) is 11.7. The van der Waals surface area contributed by atoms with E-state index in [0.29, 0.717) is 0 Å². The molecule has 0 aliphatic carbocycles. The van der Waals surface area contributed by atoms with Gasteiger partial charge < -0.3 is 9.80 Å². The summed E-state index contributed by atoms with van der Waals surface area (Å²) < 4.78 is 1.98. The van der Waals surface area contributed by atoms with Gasteiger partial charge in [-0.2, -0.15) is 0 Å². The fraction of sp³-hybridized carbons (Fsp3) is 0.235. The molecule has 0 saturated carbocycles. The molecule has 1 fully saturated rings. The molecule has 0 unspecified atom stereocenters. The van der Waals surface area contributed by atoms with Crippen LogP contribution in [0.2, 0.25) is 0 Å². The number of hydrogen-bond acceptors (Lipinski definition) is 3. The third-order valence-corrected chi connectivity index (χ3v) is 9.61. The Labute approximate surface area is 257 Å². The van der Waals surface area contributed by atoms with Crippen LogP contribution in [0.3, 0.4) is 0 Å². The Bertz CT molecular complexity index is 1390. The average Bonchev–Trinajstić information content (AvgIpc) is 3.34. The van der Waals surface area contributed by atoms with Gasteiger partial charge in [0.2, 0.25) is 6.67 Å². The first kappa shape index (κ1) is 30.9. The minimum atomic E-state index is -1.77. The SMILES string of the molecule is Cc1cc(C)c(N2[C]N(c3c(C)cc(C)cc3C)CC2)c(C)c1.[Cl][Ru]([Cl])=[CH]c1ccccc1Sc1ccccc1. The molecule has 0 amide bonds. The van der Waals surface area contributed by atoms with Gasteiger partial charge in [-0.25, -0.2) is 0 Å². The number of nitrogens with zero attached hydrogens (tertiary/aromatic N) is 2. The molecule has 0 aromatic heterocycles. The van der Waals surface area contributed by atoms with Crippen LogP contribution in [0.25, 0.3) is 0 Å². The Morgan fingerprint density at radius 3 is 1.60 bits per heavy atom. The van der Waals surface area contributed by atoms with Crippen LogP contribution >= 0.6 is 31.1 Å². The minimum absolute atomic E-state index is 0.984. The molecular weight excluding hydrogens is 640 g/mol. The molecule has 0 N–H and O–H groups in total. The van der Waals surface area contributed by atoms with E-state index in [-0.39, 0.29) is 0 Å². The molecule has 5 rings (SSSR count). The van der Waals surface area contributed by atoms with Gasteiger partial charge in [-0.1, -0.05) is 35.4 Å². The summed E-state index contributed by atoms with van der Waals surface area (Å²) in [6.45, 7) is 18.7. The van der Waals surface area contributed by atoms with E-state index in [1.165, 1.54) is 54.5 Å². The maximum absolute atomic E-state index is 5.93. The number of halogens is 2. The first-order valence-electron chi connectivity index (χ1n) is 13.2. The molecule has 210 valence electrons. The van der Waals surface area contributed by atoms with Crippen LogP contribution in [0.1, 0.15) is 38.9 Å². The van der Waals surface area contributed by atoms with Gasteiger partial charge >= 0.3 is 119 Å². The number of rotatable bonds is 5. The van der Waals surface area contributed by atoms with Gasteiger partial charge in [0.25, 0.3) is 0 Å². The number of benzene rings is 4. The average molecular weight is 677 g/mol. The van der Waals surface area contributed by atoms with Crippen LogP contribution in [0, 0.1) is 48.2 Å². The van der Waals surface area contributed by atoms with E-state index in [1.54, 1.807) is 11.8 Å². The molecule has 2 nitrogen and oxygen atoms in total. The van der Waals surface area contributed by atoms with Crippen molar-refractivity contribution < 1.29 is 13.5 Å². The van der Waals surface area contributed by atoms with Gasteiger partial charge in [-0.3, -0.25) is 0 Å². The second-order valence-electron chi connectivity index (χ2n) is 10.2. The molecule has 1 aliphatic heterocycles. The summed E-state index contributed by atoms with van der Waals surface area (Å²) in [6.07, 6.45) is 0. The molecular formula is C34H36Cl2N2RuS. The summed E-state index contributed by atoms with van der Waals surface area (Å²) in [4.78, 5) is 6.97. The van der Waals surface area contributed by atoms with Gasteiger partial charge in [0.05, 0.1) is 0 Å². The monoisotopic (exact) mass is 676 g/mol. The molecule has 4 aromatic carbocycles. The van der Waals surface area contributed by atoms with Crippen molar-refractivity contribution in [3.05, 3.63) is 124 Å². The summed E-state index contributed by atoms with van der Waals surface area (Å²) in [5.74, 6) is 0. The van der Waals surface area contributed by atoms with E-state index >= 15 is 0 Å². The maximum atomic E-state index is 5.93. The second kappa shape index (κ2) is 14.2. The van der Waals surface area contributed by atoms with Crippen LogP contribution in [-0.4, -0.2) is 17.7 Å². The molecule has 1 heterocycles. The first-order chi connectivity index (χ1) is 19.1. The van der Waals surface area contributed by atoms with Gasteiger partial charge in [-0.05, 0) is 63.8 Å². The van der Waals surface area contributed by atoms with Gasteiger partial charge in [-0.15, -0.1) is 0 Å². The Morgan fingerprint density at radius 1 is 0.675 bits per heavy atom. The van der Waals surface area contributed by atoms with Crippen LogP contribution in [-0.2, 0) is 13.5 Å². The van der Waals surface area contributed by atoms with Crippen LogP contribution in [0.4, 0.5) is 11.4 Å². The molecule has 1 aliphatic rings. The summed E-state index contributed by atoms with van der Waals surface area (Å²) in [5, 5.41) is 0. The fourth-order valence-electron chi connectivity index (χ4n) is 5.32. The van der Waals surface area contributed by atoms with E-state index in [9.17, 15) is 0 Å². The third kappa shape index (κ3) is 8.01. The molecule has 0 bridgehead atoms. The van der Waals surface area contributed by atoms with E-state index in [1.807, 2.05) is 34.9 Å². The first-order valence-corrected chi connectivity index (χ1v) is 19.5. The summed E-state index contributed by atoms with van der Waals surface area (Å²) >= 11 is -0.0363.